The molecule has 0 aliphatic heterocycles. The molecule has 1 unspecified atom stereocenters. The molecule has 0 amide bonds. The molecule has 0 aromatic carbocycles. The maximum absolute atomic E-state index is 12.6. The molecule has 55 heavy (non-hydrogen) atoms. The molecule has 0 aromatic heterocycles. The van der Waals surface area contributed by atoms with Crippen molar-refractivity contribution in [3.63, 3.8) is 0 Å². The van der Waals surface area contributed by atoms with Gasteiger partial charge in [0.2, 0.25) is 0 Å². The number of carbonyl (C=O) groups is 4. The van der Waals surface area contributed by atoms with Crippen LogP contribution in [0.1, 0.15) is 245 Å². The summed E-state index contributed by atoms with van der Waals surface area (Å²) in [6.45, 7) is 6.53. The Kier molecular flexibility index (Phi) is 39.7. The van der Waals surface area contributed by atoms with Crippen molar-refractivity contribution >= 4 is 23.5 Å². The second kappa shape index (κ2) is 41.4. The minimum absolute atomic E-state index is 0.00844. The summed E-state index contributed by atoms with van der Waals surface area (Å²) in [7, 11) is 1.45. The van der Waals surface area contributed by atoms with E-state index >= 15 is 0 Å². The Labute approximate surface area is 340 Å². The van der Waals surface area contributed by atoms with Gasteiger partial charge in [0.1, 0.15) is 17.7 Å². The molecular formula is C49H88O6. The first kappa shape index (κ1) is 52.8. The molecule has 0 heterocycles. The number of esters is 2. The van der Waals surface area contributed by atoms with Gasteiger partial charge in [-0.1, -0.05) is 135 Å². The molecule has 6 heteroatoms. The van der Waals surface area contributed by atoms with E-state index in [1.807, 2.05) is 0 Å². The number of hydrogen-bond acceptors (Lipinski definition) is 6. The Morgan fingerprint density at radius 1 is 0.436 bits per heavy atom. The van der Waals surface area contributed by atoms with Gasteiger partial charge in [0.05, 0.1) is 7.11 Å². The number of ether oxygens (including phenoxy) is 2. The number of carbonyl (C=O) groups excluding carboxylic acids is 4. The Hall–Kier alpha value is -2.24. The van der Waals surface area contributed by atoms with Crippen LogP contribution in [-0.4, -0.2) is 36.7 Å². The number of ketones is 2. The molecule has 0 radical (unpaired) electrons. The topological polar surface area (TPSA) is 86.7 Å². The average molecular weight is 773 g/mol. The van der Waals surface area contributed by atoms with E-state index in [-0.39, 0.29) is 18.0 Å². The smallest absolute Gasteiger partial charge is 0.306 e. The zero-order valence-corrected chi connectivity index (χ0v) is 36.7. The number of methoxy groups -OCH3 is 1. The van der Waals surface area contributed by atoms with Crippen LogP contribution < -0.4 is 0 Å². The van der Waals surface area contributed by atoms with Gasteiger partial charge in [-0.15, -0.1) is 0 Å². The fourth-order valence-electron chi connectivity index (χ4n) is 6.91. The first-order valence-electron chi connectivity index (χ1n) is 23.4. The fourth-order valence-corrected chi connectivity index (χ4v) is 6.91. The normalized spacial score (nSPS) is 12.2. The summed E-state index contributed by atoms with van der Waals surface area (Å²) in [4.78, 5) is 47.8. The molecule has 0 fully saturated rings. The van der Waals surface area contributed by atoms with Gasteiger partial charge in [-0.2, -0.15) is 0 Å². The van der Waals surface area contributed by atoms with Gasteiger partial charge in [0.25, 0.3) is 0 Å². The van der Waals surface area contributed by atoms with Gasteiger partial charge in [-0.05, 0) is 95.8 Å². The van der Waals surface area contributed by atoms with E-state index in [0.717, 1.165) is 96.3 Å². The summed E-state index contributed by atoms with van der Waals surface area (Å²) in [6, 6.07) is 0. The molecule has 0 aromatic rings. The third-order valence-corrected chi connectivity index (χ3v) is 10.6. The molecule has 6 nitrogen and oxygen atoms in total. The van der Waals surface area contributed by atoms with E-state index in [9.17, 15) is 19.2 Å². The lowest BCUT2D eigenvalue weighted by Gasteiger charge is -2.16. The lowest BCUT2D eigenvalue weighted by molar-refractivity contribution is -0.149. The van der Waals surface area contributed by atoms with Crippen LogP contribution in [0, 0.1) is 5.92 Å². The minimum atomic E-state index is -0.107. The van der Waals surface area contributed by atoms with Crippen molar-refractivity contribution in [2.75, 3.05) is 7.11 Å². The maximum Gasteiger partial charge on any atom is 0.306 e. The minimum Gasteiger partial charge on any atom is -0.469 e. The predicted octanol–water partition coefficient (Wildman–Crippen LogP) is 14.7. The van der Waals surface area contributed by atoms with Gasteiger partial charge >= 0.3 is 11.9 Å². The number of rotatable bonds is 42. The first-order chi connectivity index (χ1) is 26.8. The second-order valence-electron chi connectivity index (χ2n) is 16.6. The number of allylic oxidation sites excluding steroid dienone is 3. The van der Waals surface area contributed by atoms with Crippen molar-refractivity contribution in [3.8, 4) is 0 Å². The van der Waals surface area contributed by atoms with Gasteiger partial charge in [-0.3, -0.25) is 19.2 Å². The zero-order chi connectivity index (χ0) is 40.5. The maximum atomic E-state index is 12.6. The van der Waals surface area contributed by atoms with Crippen LogP contribution in [0.3, 0.4) is 0 Å². The van der Waals surface area contributed by atoms with E-state index in [4.69, 9.17) is 9.47 Å². The quantitative estimate of drug-likeness (QED) is 0.0349. The van der Waals surface area contributed by atoms with Crippen molar-refractivity contribution in [2.45, 2.75) is 252 Å². The summed E-state index contributed by atoms with van der Waals surface area (Å²) < 4.78 is 10.6. The summed E-state index contributed by atoms with van der Waals surface area (Å²) >= 11 is 0. The highest BCUT2D eigenvalue weighted by atomic mass is 16.5. The molecule has 0 aliphatic rings. The van der Waals surface area contributed by atoms with Crippen molar-refractivity contribution in [3.05, 3.63) is 24.3 Å². The summed E-state index contributed by atoms with van der Waals surface area (Å²) in [5.41, 5.74) is 0. The molecule has 0 saturated heterocycles. The van der Waals surface area contributed by atoms with Crippen molar-refractivity contribution in [2.24, 2.45) is 5.92 Å². The summed E-state index contributed by atoms with van der Waals surface area (Å²) in [6.07, 6.45) is 45.3. The molecule has 1 atom stereocenters. The zero-order valence-electron chi connectivity index (χ0n) is 36.7. The lowest BCUT2D eigenvalue weighted by atomic mass is 10.0. The fraction of sp³-hybridized carbons (Fsp3) is 0.837. The van der Waals surface area contributed by atoms with Crippen LogP contribution in [0.2, 0.25) is 0 Å². The Bertz CT molecular complexity index is 966. The third kappa shape index (κ3) is 41.2. The highest BCUT2D eigenvalue weighted by Crippen LogP contribution is 2.17. The monoisotopic (exact) mass is 773 g/mol. The summed E-state index contributed by atoms with van der Waals surface area (Å²) in [5, 5.41) is 0. The Morgan fingerprint density at radius 3 is 1.33 bits per heavy atom. The Morgan fingerprint density at radius 2 is 0.836 bits per heavy atom. The second-order valence-corrected chi connectivity index (χ2v) is 16.6. The number of Topliss-reactive ketones (excluding diaryl/α,β-unsaturated/α-hetero) is 2. The summed E-state index contributed by atoms with van der Waals surface area (Å²) in [5.74, 6) is 1.18. The van der Waals surface area contributed by atoms with Crippen molar-refractivity contribution < 1.29 is 28.7 Å². The number of unbranched alkanes of at least 4 members (excludes halogenated alkanes) is 21. The van der Waals surface area contributed by atoms with Crippen LogP contribution in [0.5, 0.6) is 0 Å². The highest BCUT2D eigenvalue weighted by molar-refractivity contribution is 5.79. The standard InChI is InChI=1S/C49H88O6/c1-5-6-7-29-38-47(39-30-25-21-17-15-19-22-26-31-40-48(52)54-4)55-49(53)41-32-27-23-18-14-12-10-8-9-11-13-16-20-24-28-35-45(50)36-33-34-37-46(51)43-42-44(2)3/h8,10,25,30,44,47H,5-7,9,11-24,26-29,31-43H2,1-4H3/b10-8-,30-25+. The van der Waals surface area contributed by atoms with Crippen LogP contribution in [0.25, 0.3) is 0 Å². The van der Waals surface area contributed by atoms with Crippen LogP contribution in [0.15, 0.2) is 24.3 Å². The molecule has 0 spiro atoms. The molecule has 320 valence electrons. The SMILES string of the molecule is CCCCCCC(C/C=C/CCCCCCCCC(=O)OC)OC(=O)CCCCCCC/C=C\CCCCCCCCC(=O)CCCCC(=O)CCC(C)C. The largest absolute Gasteiger partial charge is 0.469 e. The number of hydrogen-bond donors (Lipinski definition) is 0. The van der Waals surface area contributed by atoms with E-state index in [2.05, 4.69) is 45.1 Å². The van der Waals surface area contributed by atoms with Crippen molar-refractivity contribution in [1.82, 2.24) is 0 Å². The predicted molar refractivity (Wildman–Crippen MR) is 232 cm³/mol. The molecule has 0 bridgehead atoms. The molecule has 0 rings (SSSR count). The van der Waals surface area contributed by atoms with Crippen LogP contribution >= 0.6 is 0 Å². The van der Waals surface area contributed by atoms with Crippen molar-refractivity contribution in [1.29, 1.82) is 0 Å². The van der Waals surface area contributed by atoms with Gasteiger partial charge in [0.15, 0.2) is 0 Å². The van der Waals surface area contributed by atoms with Gasteiger partial charge in [-0.25, -0.2) is 0 Å². The highest BCUT2D eigenvalue weighted by Gasteiger charge is 2.13. The van der Waals surface area contributed by atoms with Crippen LogP contribution in [0.4, 0.5) is 0 Å². The first-order valence-corrected chi connectivity index (χ1v) is 23.4. The molecule has 0 saturated carbocycles. The van der Waals surface area contributed by atoms with Gasteiger partial charge in [0, 0.05) is 44.9 Å². The average Bonchev–Trinajstić information content (AvgIpc) is 3.17. The molecule has 0 aliphatic carbocycles. The van der Waals surface area contributed by atoms with E-state index in [0.29, 0.717) is 56.0 Å². The Balaban J connectivity index is 3.78. The molecule has 0 N–H and O–H groups in total. The lowest BCUT2D eigenvalue weighted by Crippen LogP contribution is -2.17. The van der Waals surface area contributed by atoms with E-state index in [1.54, 1.807) is 0 Å². The molecular weight excluding hydrogens is 685 g/mol. The van der Waals surface area contributed by atoms with Crippen LogP contribution in [-0.2, 0) is 28.7 Å². The van der Waals surface area contributed by atoms with E-state index < -0.39 is 0 Å². The van der Waals surface area contributed by atoms with Gasteiger partial charge < -0.3 is 9.47 Å². The third-order valence-electron chi connectivity index (χ3n) is 10.6. The van der Waals surface area contributed by atoms with E-state index in [1.165, 1.54) is 97.0 Å².